The molecular formula is C12H20. The van der Waals surface area contributed by atoms with Crippen LogP contribution in [0.2, 0.25) is 0 Å². The summed E-state index contributed by atoms with van der Waals surface area (Å²) >= 11 is 0. The first-order valence-corrected chi connectivity index (χ1v) is 4.85. The molecule has 0 aromatic heterocycles. The van der Waals surface area contributed by atoms with Gasteiger partial charge in [-0.1, -0.05) is 52.8 Å². The molecule has 0 N–H and O–H groups in total. The molecule has 0 heterocycles. The van der Waals surface area contributed by atoms with E-state index in [1.165, 1.54) is 5.57 Å². The topological polar surface area (TPSA) is 0 Å². The predicted molar refractivity (Wildman–Crippen MR) is 55.0 cm³/mol. The van der Waals surface area contributed by atoms with Gasteiger partial charge in [0.05, 0.1) is 0 Å². The molecule has 0 nitrogen and oxygen atoms in total. The van der Waals surface area contributed by atoms with Crippen molar-refractivity contribution in [3.05, 3.63) is 23.8 Å². The van der Waals surface area contributed by atoms with Gasteiger partial charge in [0.25, 0.3) is 0 Å². The Hall–Kier alpha value is -0.520. The summed E-state index contributed by atoms with van der Waals surface area (Å²) in [5.41, 5.74) is 1.84. The molecule has 0 saturated heterocycles. The minimum absolute atomic E-state index is 0.335. The van der Waals surface area contributed by atoms with Gasteiger partial charge in [-0.15, -0.1) is 0 Å². The molecule has 0 amide bonds. The molecule has 0 saturated carbocycles. The first kappa shape index (κ1) is 9.57. The van der Waals surface area contributed by atoms with E-state index in [1.54, 1.807) is 0 Å². The molecule has 0 aliphatic heterocycles. The third-order valence-corrected chi connectivity index (χ3v) is 3.21. The molecule has 1 atom stereocenters. The zero-order chi connectivity index (χ0) is 9.35. The van der Waals surface area contributed by atoms with Gasteiger partial charge in [-0.25, -0.2) is 0 Å². The second-order valence-corrected chi connectivity index (χ2v) is 4.72. The van der Waals surface area contributed by atoms with Crippen LogP contribution in [-0.4, -0.2) is 0 Å². The Balaban J connectivity index is 2.84. The van der Waals surface area contributed by atoms with Crippen LogP contribution in [0.25, 0.3) is 0 Å². The highest BCUT2D eigenvalue weighted by Gasteiger charge is 2.27. The van der Waals surface area contributed by atoms with Crippen LogP contribution in [-0.2, 0) is 0 Å². The Kier molecular flexibility index (Phi) is 2.46. The third-order valence-electron chi connectivity index (χ3n) is 3.21. The molecule has 12 heavy (non-hydrogen) atoms. The first-order chi connectivity index (χ1) is 5.44. The van der Waals surface area contributed by atoms with Gasteiger partial charge in [0.1, 0.15) is 0 Å². The Bertz CT molecular complexity index is 216. The first-order valence-electron chi connectivity index (χ1n) is 4.85. The number of hydrogen-bond donors (Lipinski definition) is 0. The largest absolute Gasteiger partial charge is 0.0776 e. The maximum Gasteiger partial charge on any atom is -0.00726 e. The van der Waals surface area contributed by atoms with Crippen LogP contribution >= 0.6 is 0 Å². The van der Waals surface area contributed by atoms with Crippen LogP contribution in [0, 0.1) is 17.3 Å². The average Bonchev–Trinajstić information content (AvgIpc) is 2.35. The quantitative estimate of drug-likeness (QED) is 0.582. The Morgan fingerprint density at radius 1 is 1.33 bits per heavy atom. The zero-order valence-corrected chi connectivity index (χ0v) is 8.89. The third kappa shape index (κ3) is 1.63. The SMILES string of the molecule is CC1C=CC(C(C)(C)C(C)C)=C1. The fraction of sp³-hybridized carbons (Fsp3) is 0.667. The van der Waals surface area contributed by atoms with E-state index in [9.17, 15) is 0 Å². The number of rotatable bonds is 2. The van der Waals surface area contributed by atoms with Crippen molar-refractivity contribution in [1.29, 1.82) is 0 Å². The van der Waals surface area contributed by atoms with Crippen molar-refractivity contribution in [1.82, 2.24) is 0 Å². The minimum atomic E-state index is 0.335. The van der Waals surface area contributed by atoms with Crippen LogP contribution < -0.4 is 0 Å². The van der Waals surface area contributed by atoms with Crippen LogP contribution in [0.1, 0.15) is 34.6 Å². The maximum atomic E-state index is 2.38. The molecule has 0 heteroatoms. The molecule has 0 aromatic carbocycles. The molecule has 1 aliphatic carbocycles. The van der Waals surface area contributed by atoms with Crippen LogP contribution in [0.4, 0.5) is 0 Å². The van der Waals surface area contributed by atoms with Gasteiger partial charge in [-0.05, 0) is 22.8 Å². The Labute approximate surface area is 76.4 Å². The van der Waals surface area contributed by atoms with Crippen LogP contribution in [0.5, 0.6) is 0 Å². The Morgan fingerprint density at radius 3 is 2.25 bits per heavy atom. The van der Waals surface area contributed by atoms with E-state index in [1.807, 2.05) is 0 Å². The molecule has 0 fully saturated rings. The summed E-state index contributed by atoms with van der Waals surface area (Å²) in [6.45, 7) is 11.5. The molecular weight excluding hydrogens is 144 g/mol. The molecule has 1 rings (SSSR count). The van der Waals surface area contributed by atoms with Crippen molar-refractivity contribution < 1.29 is 0 Å². The lowest BCUT2D eigenvalue weighted by Crippen LogP contribution is -2.20. The molecule has 68 valence electrons. The molecule has 0 aromatic rings. The average molecular weight is 164 g/mol. The number of hydrogen-bond acceptors (Lipinski definition) is 0. The van der Waals surface area contributed by atoms with Gasteiger partial charge >= 0.3 is 0 Å². The van der Waals surface area contributed by atoms with Crippen LogP contribution in [0.15, 0.2) is 23.8 Å². The zero-order valence-electron chi connectivity index (χ0n) is 8.89. The van der Waals surface area contributed by atoms with Crippen molar-refractivity contribution in [3.8, 4) is 0 Å². The Morgan fingerprint density at radius 2 is 1.92 bits per heavy atom. The highest BCUT2D eigenvalue weighted by Crippen LogP contribution is 2.38. The van der Waals surface area contributed by atoms with Crippen molar-refractivity contribution in [2.45, 2.75) is 34.6 Å². The lowest BCUT2D eigenvalue weighted by molar-refractivity contribution is 0.317. The van der Waals surface area contributed by atoms with Gasteiger partial charge in [-0.3, -0.25) is 0 Å². The summed E-state index contributed by atoms with van der Waals surface area (Å²) in [4.78, 5) is 0. The van der Waals surface area contributed by atoms with Gasteiger partial charge < -0.3 is 0 Å². The highest BCUT2D eigenvalue weighted by atomic mass is 14.3. The normalized spacial score (nSPS) is 23.5. The minimum Gasteiger partial charge on any atom is -0.0776 e. The van der Waals surface area contributed by atoms with Crippen molar-refractivity contribution in [2.24, 2.45) is 17.3 Å². The summed E-state index contributed by atoms with van der Waals surface area (Å²) in [7, 11) is 0. The fourth-order valence-corrected chi connectivity index (χ4v) is 1.41. The second-order valence-electron chi connectivity index (χ2n) is 4.72. The summed E-state index contributed by atoms with van der Waals surface area (Å²) < 4.78 is 0. The summed E-state index contributed by atoms with van der Waals surface area (Å²) in [6.07, 6.45) is 6.93. The van der Waals surface area contributed by atoms with Crippen molar-refractivity contribution in [2.75, 3.05) is 0 Å². The standard InChI is InChI=1S/C12H20/c1-9(2)12(4,5)11-7-6-10(3)8-11/h6-10H,1-5H3. The summed E-state index contributed by atoms with van der Waals surface area (Å²) in [5.74, 6) is 1.34. The highest BCUT2D eigenvalue weighted by molar-refractivity contribution is 5.33. The monoisotopic (exact) mass is 164 g/mol. The molecule has 1 aliphatic rings. The lowest BCUT2D eigenvalue weighted by atomic mass is 9.75. The van der Waals surface area contributed by atoms with Crippen LogP contribution in [0.3, 0.4) is 0 Å². The van der Waals surface area contributed by atoms with Gasteiger partial charge in [0, 0.05) is 0 Å². The predicted octanol–water partition coefficient (Wildman–Crippen LogP) is 3.80. The van der Waals surface area contributed by atoms with E-state index < -0.39 is 0 Å². The van der Waals surface area contributed by atoms with Crippen molar-refractivity contribution >= 4 is 0 Å². The lowest BCUT2D eigenvalue weighted by Gasteiger charge is -2.30. The van der Waals surface area contributed by atoms with E-state index in [0.717, 1.165) is 0 Å². The second kappa shape index (κ2) is 3.08. The molecule has 0 spiro atoms. The van der Waals surface area contributed by atoms with E-state index >= 15 is 0 Å². The summed E-state index contributed by atoms with van der Waals surface area (Å²) in [6, 6.07) is 0. The molecule has 0 radical (unpaired) electrons. The van der Waals surface area contributed by atoms with Crippen molar-refractivity contribution in [3.63, 3.8) is 0 Å². The van der Waals surface area contributed by atoms with E-state index in [4.69, 9.17) is 0 Å². The maximum absolute atomic E-state index is 2.38. The fourth-order valence-electron chi connectivity index (χ4n) is 1.41. The van der Waals surface area contributed by atoms with E-state index in [-0.39, 0.29) is 0 Å². The van der Waals surface area contributed by atoms with Gasteiger partial charge in [0.15, 0.2) is 0 Å². The number of allylic oxidation sites excluding steroid dienone is 4. The van der Waals surface area contributed by atoms with E-state index in [2.05, 4.69) is 52.8 Å². The van der Waals surface area contributed by atoms with Gasteiger partial charge in [-0.2, -0.15) is 0 Å². The van der Waals surface area contributed by atoms with Gasteiger partial charge in [0.2, 0.25) is 0 Å². The summed E-state index contributed by atoms with van der Waals surface area (Å²) in [5, 5.41) is 0. The molecule has 0 bridgehead atoms. The van der Waals surface area contributed by atoms with E-state index in [0.29, 0.717) is 17.3 Å². The molecule has 1 unspecified atom stereocenters. The smallest absolute Gasteiger partial charge is 0.00726 e.